The zero-order valence-corrected chi connectivity index (χ0v) is 13.4. The summed E-state index contributed by atoms with van der Waals surface area (Å²) in [5.41, 5.74) is 0. The SMILES string of the molecule is O=C1CCCCC1NS(=O)(=O)C(F)(F)C(F)(F)OC(F)(F)C(F)(F)Cl. The first-order valence-corrected chi connectivity index (χ1v) is 8.26. The van der Waals surface area contributed by atoms with Gasteiger partial charge in [0.05, 0.1) is 6.04 Å². The van der Waals surface area contributed by atoms with Gasteiger partial charge in [-0.3, -0.25) is 4.79 Å². The van der Waals surface area contributed by atoms with E-state index in [1.165, 1.54) is 0 Å². The molecular weight excluding hydrogens is 418 g/mol. The number of ether oxygens (including phenoxy) is 1. The quantitative estimate of drug-likeness (QED) is 0.501. The summed E-state index contributed by atoms with van der Waals surface area (Å²) in [6, 6.07) is -1.78. The van der Waals surface area contributed by atoms with Gasteiger partial charge in [-0.05, 0) is 24.4 Å². The minimum atomic E-state index is -6.60. The van der Waals surface area contributed by atoms with Crippen molar-refractivity contribution >= 4 is 27.4 Å². The molecule has 0 aliphatic heterocycles. The van der Waals surface area contributed by atoms with E-state index in [1.54, 1.807) is 0 Å². The molecule has 0 bridgehead atoms. The first kappa shape index (κ1) is 22.3. The zero-order chi connectivity index (χ0) is 19.9. The molecular formula is C10H10ClF8NO4S. The van der Waals surface area contributed by atoms with Gasteiger partial charge in [0.15, 0.2) is 5.78 Å². The maximum Gasteiger partial charge on any atom is 0.448 e. The summed E-state index contributed by atoms with van der Waals surface area (Å²) >= 11 is 3.77. The average molecular weight is 428 g/mol. The normalized spacial score (nSPS) is 21.5. The molecule has 0 aromatic carbocycles. The molecule has 0 radical (unpaired) electrons. The van der Waals surface area contributed by atoms with E-state index in [4.69, 9.17) is 0 Å². The van der Waals surface area contributed by atoms with Crippen LogP contribution in [0.2, 0.25) is 0 Å². The summed E-state index contributed by atoms with van der Waals surface area (Å²) in [5, 5.41) is -12.2. The topological polar surface area (TPSA) is 72.5 Å². The molecule has 25 heavy (non-hydrogen) atoms. The number of hydrogen-bond donors (Lipinski definition) is 1. The average Bonchev–Trinajstić information content (AvgIpc) is 2.38. The number of rotatable bonds is 7. The molecule has 0 amide bonds. The molecule has 1 saturated carbocycles. The molecule has 0 aromatic heterocycles. The Kier molecular flexibility index (Phi) is 6.05. The van der Waals surface area contributed by atoms with E-state index in [1.807, 2.05) is 0 Å². The maximum absolute atomic E-state index is 13.5. The van der Waals surface area contributed by atoms with Crippen LogP contribution in [0.5, 0.6) is 0 Å². The van der Waals surface area contributed by atoms with Gasteiger partial charge >= 0.3 is 22.9 Å². The molecule has 148 valence electrons. The van der Waals surface area contributed by atoms with E-state index in [0.717, 1.165) is 4.72 Å². The van der Waals surface area contributed by atoms with Gasteiger partial charge in [0, 0.05) is 6.42 Å². The Morgan fingerprint density at radius 1 is 1.00 bits per heavy atom. The number of halogens is 9. The van der Waals surface area contributed by atoms with Crippen molar-refractivity contribution in [2.45, 2.75) is 54.6 Å². The molecule has 1 aliphatic rings. The number of Topliss-reactive ketones (excluding diaryl/α,β-unsaturated/α-hetero) is 1. The minimum absolute atomic E-state index is 0.202. The van der Waals surface area contributed by atoms with E-state index < -0.39 is 44.7 Å². The van der Waals surface area contributed by atoms with Crippen LogP contribution in [0.25, 0.3) is 0 Å². The molecule has 1 rings (SSSR count). The van der Waals surface area contributed by atoms with Gasteiger partial charge in [-0.25, -0.2) is 13.2 Å². The Balaban J connectivity index is 3.08. The Morgan fingerprint density at radius 3 is 1.96 bits per heavy atom. The number of sulfonamides is 1. The summed E-state index contributed by atoms with van der Waals surface area (Å²) in [5.74, 6) is -0.882. The van der Waals surface area contributed by atoms with Gasteiger partial charge in [0.1, 0.15) is 0 Å². The standard InChI is InChI=1S/C10H10ClF8NO4S/c11-7(12,13)8(14,15)24-9(16,17)10(18,19)25(22,23)20-5-3-1-2-4-6(5)21/h5,20H,1-4H2. The molecule has 0 aromatic rings. The second kappa shape index (κ2) is 6.78. The minimum Gasteiger partial charge on any atom is -0.298 e. The number of ketones is 1. The Labute approximate surface area is 140 Å². The molecule has 5 nitrogen and oxygen atoms in total. The second-order valence-corrected chi connectivity index (χ2v) is 7.27. The van der Waals surface area contributed by atoms with Crippen LogP contribution in [0.15, 0.2) is 0 Å². The third-order valence-electron chi connectivity index (χ3n) is 3.11. The third-order valence-corrected chi connectivity index (χ3v) is 4.84. The number of carbonyl (C=O) groups is 1. The van der Waals surface area contributed by atoms with Crippen LogP contribution in [0.3, 0.4) is 0 Å². The maximum atomic E-state index is 13.5. The lowest BCUT2D eigenvalue weighted by molar-refractivity contribution is -0.442. The fourth-order valence-corrected chi connectivity index (χ4v) is 2.97. The number of hydrogen-bond acceptors (Lipinski definition) is 4. The van der Waals surface area contributed by atoms with Gasteiger partial charge < -0.3 is 0 Å². The van der Waals surface area contributed by atoms with Crippen molar-refractivity contribution in [3.05, 3.63) is 0 Å². The lowest BCUT2D eigenvalue weighted by Gasteiger charge is -2.31. The van der Waals surface area contributed by atoms with E-state index in [2.05, 4.69) is 16.3 Å². The van der Waals surface area contributed by atoms with Crippen molar-refractivity contribution < 1.29 is 53.1 Å². The van der Waals surface area contributed by atoms with Gasteiger partial charge in [0.25, 0.3) is 10.0 Å². The highest BCUT2D eigenvalue weighted by Crippen LogP contribution is 2.48. The largest absolute Gasteiger partial charge is 0.448 e. The van der Waals surface area contributed by atoms with Crippen LogP contribution in [-0.4, -0.2) is 43.1 Å². The molecule has 1 unspecified atom stereocenters. The van der Waals surface area contributed by atoms with E-state index in [-0.39, 0.29) is 19.3 Å². The molecule has 1 aliphatic carbocycles. The summed E-state index contributed by atoms with van der Waals surface area (Å²) in [6.07, 6.45) is -12.9. The van der Waals surface area contributed by atoms with Gasteiger partial charge in [0.2, 0.25) is 0 Å². The van der Waals surface area contributed by atoms with Crippen LogP contribution in [-0.2, 0) is 19.6 Å². The highest BCUT2D eigenvalue weighted by atomic mass is 35.5. The summed E-state index contributed by atoms with van der Waals surface area (Å²) in [7, 11) is -6.47. The van der Waals surface area contributed by atoms with E-state index in [0.29, 0.717) is 6.42 Å². The second-order valence-electron chi connectivity index (χ2n) is 5.04. The molecule has 1 fully saturated rings. The smallest absolute Gasteiger partial charge is 0.298 e. The van der Waals surface area contributed by atoms with Crippen LogP contribution in [0, 0.1) is 0 Å². The van der Waals surface area contributed by atoms with Crippen molar-refractivity contribution in [3.8, 4) is 0 Å². The summed E-state index contributed by atoms with van der Waals surface area (Å²) < 4.78 is 129. The summed E-state index contributed by atoms with van der Waals surface area (Å²) in [4.78, 5) is 11.4. The fourth-order valence-electron chi connectivity index (χ4n) is 1.80. The van der Waals surface area contributed by atoms with Crippen molar-refractivity contribution in [2.24, 2.45) is 0 Å². The molecule has 0 heterocycles. The van der Waals surface area contributed by atoms with Gasteiger partial charge in [-0.2, -0.15) is 39.8 Å². The lowest BCUT2D eigenvalue weighted by atomic mass is 9.95. The van der Waals surface area contributed by atoms with Gasteiger partial charge in [-0.1, -0.05) is 6.42 Å². The highest BCUT2D eigenvalue weighted by Gasteiger charge is 2.74. The molecule has 1 atom stereocenters. The number of nitrogens with one attached hydrogen (secondary N) is 1. The molecule has 1 N–H and O–H groups in total. The van der Waals surface area contributed by atoms with Crippen molar-refractivity contribution in [3.63, 3.8) is 0 Å². The number of carbonyl (C=O) groups excluding carboxylic acids is 1. The van der Waals surface area contributed by atoms with E-state index in [9.17, 15) is 48.3 Å². The van der Waals surface area contributed by atoms with Crippen molar-refractivity contribution in [2.75, 3.05) is 0 Å². The zero-order valence-electron chi connectivity index (χ0n) is 11.8. The van der Waals surface area contributed by atoms with Crippen LogP contribution in [0.1, 0.15) is 25.7 Å². The van der Waals surface area contributed by atoms with Gasteiger partial charge in [-0.15, -0.1) is 0 Å². The third kappa shape index (κ3) is 4.52. The first-order valence-electron chi connectivity index (χ1n) is 6.39. The Bertz CT molecular complexity index is 621. The van der Waals surface area contributed by atoms with E-state index >= 15 is 0 Å². The fraction of sp³-hybridized carbons (Fsp3) is 0.900. The molecule has 15 heteroatoms. The predicted molar refractivity (Wildman–Crippen MR) is 66.0 cm³/mol. The number of alkyl halides is 9. The van der Waals surface area contributed by atoms with Crippen LogP contribution >= 0.6 is 11.6 Å². The lowest BCUT2D eigenvalue weighted by Crippen LogP contribution is -2.59. The molecule has 0 saturated heterocycles. The Morgan fingerprint density at radius 2 is 1.52 bits per heavy atom. The van der Waals surface area contributed by atoms with Crippen LogP contribution < -0.4 is 4.72 Å². The van der Waals surface area contributed by atoms with Crippen LogP contribution in [0.4, 0.5) is 35.1 Å². The Hall–Kier alpha value is -0.730. The van der Waals surface area contributed by atoms with Crippen molar-refractivity contribution in [1.82, 2.24) is 4.72 Å². The highest BCUT2D eigenvalue weighted by molar-refractivity contribution is 7.90. The van der Waals surface area contributed by atoms with Crippen molar-refractivity contribution in [1.29, 1.82) is 0 Å². The molecule has 0 spiro atoms. The monoisotopic (exact) mass is 427 g/mol. The summed E-state index contributed by atoms with van der Waals surface area (Å²) in [6.45, 7) is 0. The first-order chi connectivity index (χ1) is 10.9. The predicted octanol–water partition coefficient (Wildman–Crippen LogP) is 3.04.